The summed E-state index contributed by atoms with van der Waals surface area (Å²) in [7, 11) is 2.08. The Hall–Kier alpha value is -1.39. The van der Waals surface area contributed by atoms with Crippen LogP contribution in [-0.2, 0) is 4.79 Å². The minimum absolute atomic E-state index is 0.0294. The molecule has 1 aromatic carbocycles. The van der Waals surface area contributed by atoms with E-state index in [9.17, 15) is 4.79 Å². The van der Waals surface area contributed by atoms with Gasteiger partial charge in [0.05, 0.1) is 0 Å². The Morgan fingerprint density at radius 2 is 2.00 bits per heavy atom. The molecule has 1 unspecified atom stereocenters. The third kappa shape index (κ3) is 2.71. The van der Waals surface area contributed by atoms with Crippen LogP contribution in [-0.4, -0.2) is 48.4 Å². The average Bonchev–Trinajstić information content (AvgIpc) is 2.38. The molecule has 1 amide bonds. The first-order chi connectivity index (χ1) is 8.59. The van der Waals surface area contributed by atoms with Crippen LogP contribution in [0.3, 0.4) is 0 Å². The summed E-state index contributed by atoms with van der Waals surface area (Å²) in [4.78, 5) is 16.5. The van der Waals surface area contributed by atoms with E-state index in [-0.39, 0.29) is 11.9 Å². The van der Waals surface area contributed by atoms with Gasteiger partial charge in [-0.15, -0.1) is 0 Å². The quantitative estimate of drug-likeness (QED) is 0.843. The summed E-state index contributed by atoms with van der Waals surface area (Å²) >= 11 is 0. The molecule has 1 fully saturated rings. The first-order valence-corrected chi connectivity index (χ1v) is 6.39. The monoisotopic (exact) mass is 247 g/mol. The number of benzene rings is 1. The highest BCUT2D eigenvalue weighted by Gasteiger charge is 2.29. The number of carbonyl (C=O) groups excluding carboxylic acids is 1. The van der Waals surface area contributed by atoms with Crippen LogP contribution in [0.2, 0.25) is 0 Å². The topological polar surface area (TPSA) is 49.6 Å². The summed E-state index contributed by atoms with van der Waals surface area (Å²) in [6.07, 6.45) is 0. The molecule has 0 spiro atoms. The summed E-state index contributed by atoms with van der Waals surface area (Å²) in [5.74, 6) is 0.0294. The van der Waals surface area contributed by atoms with Gasteiger partial charge >= 0.3 is 0 Å². The van der Waals surface area contributed by atoms with Crippen molar-refractivity contribution in [2.75, 3.05) is 26.7 Å². The van der Waals surface area contributed by atoms with E-state index < -0.39 is 6.04 Å². The third-order valence-electron chi connectivity index (χ3n) is 3.54. The van der Waals surface area contributed by atoms with E-state index in [0.717, 1.165) is 25.2 Å². The van der Waals surface area contributed by atoms with Crippen molar-refractivity contribution >= 4 is 5.91 Å². The molecule has 1 aliphatic rings. The second-order valence-corrected chi connectivity index (χ2v) is 5.03. The van der Waals surface area contributed by atoms with E-state index in [4.69, 9.17) is 5.73 Å². The van der Waals surface area contributed by atoms with Gasteiger partial charge in [-0.2, -0.15) is 0 Å². The van der Waals surface area contributed by atoms with Crippen LogP contribution < -0.4 is 5.73 Å². The summed E-state index contributed by atoms with van der Waals surface area (Å²) in [5.41, 5.74) is 6.94. The van der Waals surface area contributed by atoms with Gasteiger partial charge in [-0.05, 0) is 19.5 Å². The number of rotatable bonds is 2. The lowest BCUT2D eigenvalue weighted by Crippen LogP contribution is -2.54. The van der Waals surface area contributed by atoms with Gasteiger partial charge in [-0.1, -0.05) is 30.3 Å². The van der Waals surface area contributed by atoms with Gasteiger partial charge in [-0.3, -0.25) is 4.79 Å². The second-order valence-electron chi connectivity index (χ2n) is 5.03. The molecule has 2 rings (SSSR count). The number of carbonyl (C=O) groups is 1. The Bertz CT molecular complexity index is 407. The Morgan fingerprint density at radius 1 is 1.33 bits per heavy atom. The van der Waals surface area contributed by atoms with Gasteiger partial charge in [0.1, 0.15) is 6.04 Å². The van der Waals surface area contributed by atoms with Gasteiger partial charge < -0.3 is 15.5 Å². The van der Waals surface area contributed by atoms with Crippen molar-refractivity contribution in [1.82, 2.24) is 9.80 Å². The second kappa shape index (κ2) is 5.50. The van der Waals surface area contributed by atoms with Crippen LogP contribution in [0.15, 0.2) is 30.3 Å². The van der Waals surface area contributed by atoms with Crippen molar-refractivity contribution in [2.24, 2.45) is 5.73 Å². The van der Waals surface area contributed by atoms with Gasteiger partial charge in [0, 0.05) is 25.7 Å². The van der Waals surface area contributed by atoms with Crippen LogP contribution >= 0.6 is 0 Å². The number of nitrogens with two attached hydrogens (primary N) is 1. The normalized spacial score (nSPS) is 22.8. The van der Waals surface area contributed by atoms with E-state index in [0.29, 0.717) is 0 Å². The number of hydrogen-bond donors (Lipinski definition) is 1. The Labute approximate surface area is 108 Å². The lowest BCUT2D eigenvalue weighted by Gasteiger charge is -2.39. The maximum absolute atomic E-state index is 12.4. The molecule has 0 radical (unpaired) electrons. The van der Waals surface area contributed by atoms with Crippen LogP contribution in [0.4, 0.5) is 0 Å². The molecule has 2 atom stereocenters. The largest absolute Gasteiger partial charge is 0.336 e. The molecule has 0 aromatic heterocycles. The third-order valence-corrected chi connectivity index (χ3v) is 3.54. The van der Waals surface area contributed by atoms with Crippen LogP contribution in [0.25, 0.3) is 0 Å². The van der Waals surface area contributed by atoms with E-state index in [2.05, 4.69) is 18.9 Å². The molecule has 98 valence electrons. The zero-order valence-corrected chi connectivity index (χ0v) is 11.0. The predicted octanol–water partition coefficient (Wildman–Crippen LogP) is 0.849. The summed E-state index contributed by atoms with van der Waals surface area (Å²) < 4.78 is 0. The first-order valence-electron chi connectivity index (χ1n) is 6.39. The molecule has 1 saturated heterocycles. The minimum Gasteiger partial charge on any atom is -0.336 e. The highest BCUT2D eigenvalue weighted by Crippen LogP contribution is 2.17. The molecular weight excluding hydrogens is 226 g/mol. The Kier molecular flexibility index (Phi) is 3.99. The molecule has 1 heterocycles. The number of nitrogens with zero attached hydrogens (tertiary/aromatic N) is 2. The van der Waals surface area contributed by atoms with E-state index >= 15 is 0 Å². The standard InChI is InChI=1S/C14H21N3O/c1-11-10-16(2)8-9-17(11)14(18)13(15)12-6-4-3-5-7-12/h3-7,11,13H,8-10,15H2,1-2H3/t11?,13-/m1/s1. The molecule has 0 bridgehead atoms. The van der Waals surface area contributed by atoms with Crippen molar-refractivity contribution in [2.45, 2.75) is 19.0 Å². The SMILES string of the molecule is CC1CN(C)CCN1C(=O)[C@H](N)c1ccccc1. The fraction of sp³-hybridized carbons (Fsp3) is 0.500. The molecule has 2 N–H and O–H groups in total. The number of amides is 1. The molecule has 1 aromatic rings. The minimum atomic E-state index is -0.544. The Morgan fingerprint density at radius 3 is 2.61 bits per heavy atom. The molecule has 1 aliphatic heterocycles. The molecule has 18 heavy (non-hydrogen) atoms. The maximum atomic E-state index is 12.4. The van der Waals surface area contributed by atoms with Crippen molar-refractivity contribution in [1.29, 1.82) is 0 Å². The van der Waals surface area contributed by atoms with Crippen LogP contribution in [0.5, 0.6) is 0 Å². The number of piperazine rings is 1. The molecule has 4 nitrogen and oxygen atoms in total. The summed E-state index contributed by atoms with van der Waals surface area (Å²) in [5, 5.41) is 0. The lowest BCUT2D eigenvalue weighted by molar-refractivity contribution is -0.137. The summed E-state index contributed by atoms with van der Waals surface area (Å²) in [6, 6.07) is 9.25. The lowest BCUT2D eigenvalue weighted by atomic mass is 10.0. The fourth-order valence-electron chi connectivity index (χ4n) is 2.45. The van der Waals surface area contributed by atoms with Crippen molar-refractivity contribution < 1.29 is 4.79 Å². The van der Waals surface area contributed by atoms with Gasteiger partial charge in [0.2, 0.25) is 5.91 Å². The zero-order valence-electron chi connectivity index (χ0n) is 11.0. The highest BCUT2D eigenvalue weighted by molar-refractivity contribution is 5.83. The van der Waals surface area contributed by atoms with E-state index in [1.54, 1.807) is 0 Å². The van der Waals surface area contributed by atoms with Crippen LogP contribution in [0, 0.1) is 0 Å². The smallest absolute Gasteiger partial charge is 0.244 e. The zero-order chi connectivity index (χ0) is 13.1. The highest BCUT2D eigenvalue weighted by atomic mass is 16.2. The van der Waals surface area contributed by atoms with Gasteiger partial charge in [0.15, 0.2) is 0 Å². The summed E-state index contributed by atoms with van der Waals surface area (Å²) in [6.45, 7) is 4.66. The Balaban J connectivity index is 2.07. The fourth-order valence-corrected chi connectivity index (χ4v) is 2.45. The van der Waals surface area contributed by atoms with Crippen molar-refractivity contribution in [3.8, 4) is 0 Å². The van der Waals surface area contributed by atoms with Crippen molar-refractivity contribution in [3.63, 3.8) is 0 Å². The van der Waals surface area contributed by atoms with Crippen LogP contribution in [0.1, 0.15) is 18.5 Å². The molecule has 0 saturated carbocycles. The van der Waals surface area contributed by atoms with Gasteiger partial charge in [-0.25, -0.2) is 0 Å². The number of likely N-dealkylation sites (N-methyl/N-ethyl adjacent to an activating group) is 1. The molecule has 4 heteroatoms. The van der Waals surface area contributed by atoms with Crippen molar-refractivity contribution in [3.05, 3.63) is 35.9 Å². The van der Waals surface area contributed by atoms with E-state index in [1.165, 1.54) is 0 Å². The first kappa shape index (κ1) is 13.1. The molecular formula is C14H21N3O. The maximum Gasteiger partial charge on any atom is 0.244 e. The predicted molar refractivity (Wildman–Crippen MR) is 72.0 cm³/mol. The van der Waals surface area contributed by atoms with E-state index in [1.807, 2.05) is 35.2 Å². The van der Waals surface area contributed by atoms with Gasteiger partial charge in [0.25, 0.3) is 0 Å². The molecule has 0 aliphatic carbocycles. The average molecular weight is 247 g/mol. The number of hydrogen-bond acceptors (Lipinski definition) is 3.